The number of carbonyl (C=O) groups is 1. The van der Waals surface area contributed by atoms with Crippen molar-refractivity contribution in [2.45, 2.75) is 40.0 Å². The first kappa shape index (κ1) is 9.67. The van der Waals surface area contributed by atoms with E-state index in [1.807, 2.05) is 0 Å². The molecule has 0 heterocycles. The molecule has 0 radical (unpaired) electrons. The molecule has 2 atom stereocenters. The third-order valence-electron chi connectivity index (χ3n) is 2.17. The fraction of sp³-hybridized carbons (Fsp3) is 0.889. The summed E-state index contributed by atoms with van der Waals surface area (Å²) in [4.78, 5) is 10.5. The zero-order valence-electron chi connectivity index (χ0n) is 7.26. The molecule has 0 N–H and O–H groups in total. The molecule has 0 amide bonds. The van der Waals surface area contributed by atoms with Crippen molar-refractivity contribution >= 4 is 6.29 Å². The van der Waals surface area contributed by atoms with E-state index in [4.69, 9.17) is 0 Å². The van der Waals surface area contributed by atoms with Crippen molar-refractivity contribution in [2.75, 3.05) is 0 Å². The van der Waals surface area contributed by atoms with Gasteiger partial charge in [-0.3, -0.25) is 0 Å². The minimum Gasteiger partial charge on any atom is -0.303 e. The van der Waals surface area contributed by atoms with Gasteiger partial charge in [-0.15, -0.1) is 0 Å². The summed E-state index contributed by atoms with van der Waals surface area (Å²) in [5.41, 5.74) is 0. The van der Waals surface area contributed by atoms with E-state index in [9.17, 15) is 4.79 Å². The van der Waals surface area contributed by atoms with Crippen LogP contribution in [0.25, 0.3) is 0 Å². The van der Waals surface area contributed by atoms with E-state index in [1.165, 1.54) is 0 Å². The highest BCUT2D eigenvalue weighted by atomic mass is 16.1. The molecular weight excluding hydrogens is 124 g/mol. The van der Waals surface area contributed by atoms with Gasteiger partial charge in [0.2, 0.25) is 0 Å². The molecule has 0 spiro atoms. The highest BCUT2D eigenvalue weighted by Gasteiger charge is 2.12. The zero-order valence-corrected chi connectivity index (χ0v) is 7.26. The lowest BCUT2D eigenvalue weighted by molar-refractivity contribution is -0.112. The van der Waals surface area contributed by atoms with Crippen molar-refractivity contribution in [1.29, 1.82) is 0 Å². The molecular formula is C9H18O. The van der Waals surface area contributed by atoms with Gasteiger partial charge in [0.25, 0.3) is 0 Å². The van der Waals surface area contributed by atoms with Crippen LogP contribution in [0, 0.1) is 11.8 Å². The van der Waals surface area contributed by atoms with Crippen molar-refractivity contribution in [2.24, 2.45) is 11.8 Å². The van der Waals surface area contributed by atoms with E-state index >= 15 is 0 Å². The van der Waals surface area contributed by atoms with Crippen LogP contribution in [0.2, 0.25) is 0 Å². The molecule has 2 unspecified atom stereocenters. The van der Waals surface area contributed by atoms with Crippen LogP contribution in [0.5, 0.6) is 0 Å². The molecule has 0 aliphatic rings. The average Bonchev–Trinajstić information content (AvgIpc) is 1.99. The Kier molecular flexibility index (Phi) is 5.27. The number of aldehydes is 1. The summed E-state index contributed by atoms with van der Waals surface area (Å²) in [6.45, 7) is 6.41. The SMILES string of the molecule is CCCC(C=O)C(C)CC. The summed E-state index contributed by atoms with van der Waals surface area (Å²) in [5, 5.41) is 0. The van der Waals surface area contributed by atoms with Crippen molar-refractivity contribution < 1.29 is 4.79 Å². The van der Waals surface area contributed by atoms with E-state index in [0.29, 0.717) is 11.8 Å². The zero-order chi connectivity index (χ0) is 7.98. The molecule has 0 fully saturated rings. The maximum atomic E-state index is 10.5. The Balaban J connectivity index is 3.67. The third kappa shape index (κ3) is 3.00. The van der Waals surface area contributed by atoms with Gasteiger partial charge in [0.15, 0.2) is 0 Å². The van der Waals surface area contributed by atoms with E-state index < -0.39 is 0 Å². The maximum Gasteiger partial charge on any atom is 0.123 e. The Morgan fingerprint density at radius 1 is 1.40 bits per heavy atom. The largest absolute Gasteiger partial charge is 0.303 e. The maximum absolute atomic E-state index is 10.5. The topological polar surface area (TPSA) is 17.1 Å². The fourth-order valence-electron chi connectivity index (χ4n) is 1.12. The van der Waals surface area contributed by atoms with Gasteiger partial charge < -0.3 is 4.79 Å². The normalized spacial score (nSPS) is 16.3. The fourth-order valence-corrected chi connectivity index (χ4v) is 1.12. The second-order valence-electron chi connectivity index (χ2n) is 2.97. The molecule has 0 aromatic heterocycles. The third-order valence-corrected chi connectivity index (χ3v) is 2.17. The lowest BCUT2D eigenvalue weighted by atomic mass is 9.89. The van der Waals surface area contributed by atoms with Gasteiger partial charge in [-0.2, -0.15) is 0 Å². The van der Waals surface area contributed by atoms with Crippen LogP contribution >= 0.6 is 0 Å². The Labute approximate surface area is 63.8 Å². The van der Waals surface area contributed by atoms with Gasteiger partial charge >= 0.3 is 0 Å². The molecule has 0 saturated carbocycles. The highest BCUT2D eigenvalue weighted by molar-refractivity contribution is 5.53. The molecule has 0 bridgehead atoms. The standard InChI is InChI=1S/C9H18O/c1-4-6-9(7-10)8(3)5-2/h7-9H,4-6H2,1-3H3. The van der Waals surface area contributed by atoms with Crippen molar-refractivity contribution in [3.63, 3.8) is 0 Å². The summed E-state index contributed by atoms with van der Waals surface area (Å²) < 4.78 is 0. The van der Waals surface area contributed by atoms with Crippen LogP contribution in [0.3, 0.4) is 0 Å². The van der Waals surface area contributed by atoms with Crippen LogP contribution in [0.15, 0.2) is 0 Å². The molecule has 0 aliphatic carbocycles. The molecule has 0 aliphatic heterocycles. The lowest BCUT2D eigenvalue weighted by Gasteiger charge is -2.15. The number of carbonyl (C=O) groups excluding carboxylic acids is 1. The predicted octanol–water partition coefficient (Wildman–Crippen LogP) is 2.65. The second-order valence-corrected chi connectivity index (χ2v) is 2.97. The van der Waals surface area contributed by atoms with Gasteiger partial charge in [0.05, 0.1) is 0 Å². The van der Waals surface area contributed by atoms with Crippen molar-refractivity contribution in [1.82, 2.24) is 0 Å². The van der Waals surface area contributed by atoms with Crippen molar-refractivity contribution in [3.8, 4) is 0 Å². The Morgan fingerprint density at radius 3 is 2.30 bits per heavy atom. The van der Waals surface area contributed by atoms with Gasteiger partial charge in [-0.25, -0.2) is 0 Å². The highest BCUT2D eigenvalue weighted by Crippen LogP contribution is 2.17. The Hall–Kier alpha value is -0.330. The van der Waals surface area contributed by atoms with Gasteiger partial charge in [-0.05, 0) is 12.3 Å². The summed E-state index contributed by atoms with van der Waals surface area (Å²) in [6.07, 6.45) is 4.40. The first-order chi connectivity index (χ1) is 4.76. The van der Waals surface area contributed by atoms with Crippen LogP contribution in [0.4, 0.5) is 0 Å². The number of rotatable bonds is 5. The molecule has 0 aromatic carbocycles. The second kappa shape index (κ2) is 5.45. The summed E-state index contributed by atoms with van der Waals surface area (Å²) in [5.74, 6) is 0.868. The van der Waals surface area contributed by atoms with E-state index in [2.05, 4.69) is 20.8 Å². The predicted molar refractivity (Wildman–Crippen MR) is 43.9 cm³/mol. The quantitative estimate of drug-likeness (QED) is 0.539. The Morgan fingerprint density at radius 2 is 2.00 bits per heavy atom. The first-order valence-corrected chi connectivity index (χ1v) is 4.21. The van der Waals surface area contributed by atoms with E-state index in [1.54, 1.807) is 0 Å². The molecule has 10 heavy (non-hydrogen) atoms. The van der Waals surface area contributed by atoms with Gasteiger partial charge in [0.1, 0.15) is 6.29 Å². The monoisotopic (exact) mass is 142 g/mol. The smallest absolute Gasteiger partial charge is 0.123 e. The number of hydrogen-bond acceptors (Lipinski definition) is 1. The Bertz CT molecular complexity index is 88.7. The van der Waals surface area contributed by atoms with Crippen LogP contribution < -0.4 is 0 Å². The molecule has 0 saturated heterocycles. The molecule has 0 rings (SSSR count). The molecule has 1 nitrogen and oxygen atoms in total. The van der Waals surface area contributed by atoms with Crippen LogP contribution in [0.1, 0.15) is 40.0 Å². The van der Waals surface area contributed by atoms with Crippen LogP contribution in [-0.4, -0.2) is 6.29 Å². The summed E-state index contributed by atoms with van der Waals surface area (Å²) in [6, 6.07) is 0. The summed E-state index contributed by atoms with van der Waals surface area (Å²) in [7, 11) is 0. The van der Waals surface area contributed by atoms with E-state index in [-0.39, 0.29) is 0 Å². The molecule has 60 valence electrons. The number of hydrogen-bond donors (Lipinski definition) is 0. The lowest BCUT2D eigenvalue weighted by Crippen LogP contribution is -2.11. The van der Waals surface area contributed by atoms with Crippen molar-refractivity contribution in [3.05, 3.63) is 0 Å². The first-order valence-electron chi connectivity index (χ1n) is 4.21. The summed E-state index contributed by atoms with van der Waals surface area (Å²) >= 11 is 0. The molecule has 0 aromatic rings. The minimum absolute atomic E-state index is 0.301. The van der Waals surface area contributed by atoms with Gasteiger partial charge in [0, 0.05) is 5.92 Å². The van der Waals surface area contributed by atoms with Crippen LogP contribution in [-0.2, 0) is 4.79 Å². The minimum atomic E-state index is 0.301. The van der Waals surface area contributed by atoms with Gasteiger partial charge in [-0.1, -0.05) is 33.6 Å². The van der Waals surface area contributed by atoms with E-state index in [0.717, 1.165) is 25.5 Å². The molecule has 1 heteroatoms. The average molecular weight is 142 g/mol.